The van der Waals surface area contributed by atoms with E-state index in [0.717, 1.165) is 5.56 Å². The molecule has 1 aliphatic rings. The van der Waals surface area contributed by atoms with Gasteiger partial charge in [-0.05, 0) is 5.56 Å². The summed E-state index contributed by atoms with van der Waals surface area (Å²) in [4.78, 5) is 14.0. The van der Waals surface area contributed by atoms with Crippen molar-refractivity contribution in [3.05, 3.63) is 42.0 Å². The van der Waals surface area contributed by atoms with Crippen molar-refractivity contribution in [2.75, 3.05) is 26.3 Å². The zero-order valence-electron chi connectivity index (χ0n) is 10.7. The SMILES string of the molecule is CC(/C=C/c1ccccc1)C(=O)N1CCOCC1. The zero-order valence-corrected chi connectivity index (χ0v) is 10.7. The normalized spacial score (nSPS) is 17.9. The molecule has 1 aromatic rings. The van der Waals surface area contributed by atoms with Gasteiger partial charge in [0.1, 0.15) is 0 Å². The van der Waals surface area contributed by atoms with Gasteiger partial charge in [0.15, 0.2) is 0 Å². The molecule has 96 valence electrons. The molecule has 0 bridgehead atoms. The summed E-state index contributed by atoms with van der Waals surface area (Å²) < 4.78 is 5.25. The van der Waals surface area contributed by atoms with Gasteiger partial charge >= 0.3 is 0 Å². The van der Waals surface area contributed by atoms with E-state index in [1.54, 1.807) is 0 Å². The van der Waals surface area contributed by atoms with E-state index in [-0.39, 0.29) is 11.8 Å². The Morgan fingerprint density at radius 2 is 1.94 bits per heavy atom. The number of morpholine rings is 1. The molecule has 0 N–H and O–H groups in total. The van der Waals surface area contributed by atoms with Gasteiger partial charge in [0.05, 0.1) is 19.1 Å². The van der Waals surface area contributed by atoms with E-state index in [0.29, 0.717) is 26.3 Å². The molecule has 3 nitrogen and oxygen atoms in total. The Morgan fingerprint density at radius 3 is 2.61 bits per heavy atom. The third-order valence-electron chi connectivity index (χ3n) is 3.09. The van der Waals surface area contributed by atoms with Crippen LogP contribution in [0.15, 0.2) is 36.4 Å². The predicted octanol–water partition coefficient (Wildman–Crippen LogP) is 2.19. The Balaban J connectivity index is 1.92. The Hall–Kier alpha value is -1.61. The van der Waals surface area contributed by atoms with Crippen LogP contribution in [0.25, 0.3) is 6.08 Å². The summed E-state index contributed by atoms with van der Waals surface area (Å²) in [5.74, 6) is 0.105. The Bertz CT molecular complexity index is 408. The van der Waals surface area contributed by atoms with Crippen LogP contribution in [-0.4, -0.2) is 37.1 Å². The molecular formula is C15H19NO2. The van der Waals surface area contributed by atoms with Gasteiger partial charge in [-0.1, -0.05) is 49.4 Å². The van der Waals surface area contributed by atoms with E-state index in [4.69, 9.17) is 4.74 Å². The lowest BCUT2D eigenvalue weighted by molar-refractivity contribution is -0.137. The molecule has 1 atom stereocenters. The van der Waals surface area contributed by atoms with Crippen molar-refractivity contribution in [2.45, 2.75) is 6.92 Å². The van der Waals surface area contributed by atoms with Crippen molar-refractivity contribution in [1.82, 2.24) is 4.90 Å². The van der Waals surface area contributed by atoms with Crippen molar-refractivity contribution in [3.8, 4) is 0 Å². The number of carbonyl (C=O) groups is 1. The summed E-state index contributed by atoms with van der Waals surface area (Å²) in [6, 6.07) is 10.0. The maximum absolute atomic E-state index is 12.1. The molecular weight excluding hydrogens is 226 g/mol. The van der Waals surface area contributed by atoms with Crippen LogP contribution in [-0.2, 0) is 9.53 Å². The van der Waals surface area contributed by atoms with Crippen LogP contribution in [0.5, 0.6) is 0 Å². The molecule has 1 aromatic carbocycles. The molecule has 1 amide bonds. The molecule has 18 heavy (non-hydrogen) atoms. The van der Waals surface area contributed by atoms with Gasteiger partial charge in [-0.25, -0.2) is 0 Å². The summed E-state index contributed by atoms with van der Waals surface area (Å²) >= 11 is 0. The van der Waals surface area contributed by atoms with E-state index in [1.165, 1.54) is 0 Å². The number of carbonyl (C=O) groups excluding carboxylic acids is 1. The van der Waals surface area contributed by atoms with Gasteiger partial charge < -0.3 is 9.64 Å². The second kappa shape index (κ2) is 6.36. The van der Waals surface area contributed by atoms with Gasteiger partial charge in [0.25, 0.3) is 0 Å². The number of benzene rings is 1. The first-order chi connectivity index (χ1) is 8.77. The topological polar surface area (TPSA) is 29.5 Å². The fourth-order valence-electron chi connectivity index (χ4n) is 1.97. The van der Waals surface area contributed by atoms with Crippen molar-refractivity contribution in [2.24, 2.45) is 5.92 Å². The van der Waals surface area contributed by atoms with E-state index in [2.05, 4.69) is 0 Å². The highest BCUT2D eigenvalue weighted by Gasteiger charge is 2.20. The minimum atomic E-state index is -0.0803. The van der Waals surface area contributed by atoms with Crippen molar-refractivity contribution in [3.63, 3.8) is 0 Å². The van der Waals surface area contributed by atoms with Crippen LogP contribution in [0.3, 0.4) is 0 Å². The quantitative estimate of drug-likeness (QED) is 0.817. The highest BCUT2D eigenvalue weighted by atomic mass is 16.5. The number of amides is 1. The van der Waals surface area contributed by atoms with Gasteiger partial charge in [-0.3, -0.25) is 4.79 Å². The molecule has 2 rings (SSSR count). The molecule has 1 saturated heterocycles. The van der Waals surface area contributed by atoms with Crippen LogP contribution in [0, 0.1) is 5.92 Å². The largest absolute Gasteiger partial charge is 0.378 e. The summed E-state index contributed by atoms with van der Waals surface area (Å²) in [5.41, 5.74) is 1.12. The van der Waals surface area contributed by atoms with Gasteiger partial charge in [0.2, 0.25) is 5.91 Å². The van der Waals surface area contributed by atoms with E-state index in [1.807, 2.05) is 54.3 Å². The lowest BCUT2D eigenvalue weighted by Crippen LogP contribution is -2.42. The maximum atomic E-state index is 12.1. The number of hydrogen-bond acceptors (Lipinski definition) is 2. The molecule has 1 fully saturated rings. The van der Waals surface area contributed by atoms with Crippen molar-refractivity contribution < 1.29 is 9.53 Å². The van der Waals surface area contributed by atoms with E-state index in [9.17, 15) is 4.79 Å². The molecule has 1 unspecified atom stereocenters. The van der Waals surface area contributed by atoms with Crippen LogP contribution in [0.2, 0.25) is 0 Å². The fraction of sp³-hybridized carbons (Fsp3) is 0.400. The highest BCUT2D eigenvalue weighted by Crippen LogP contribution is 2.10. The monoisotopic (exact) mass is 245 g/mol. The molecule has 0 spiro atoms. The summed E-state index contributed by atoms with van der Waals surface area (Å²) in [6.45, 7) is 4.67. The van der Waals surface area contributed by atoms with Gasteiger partial charge in [-0.15, -0.1) is 0 Å². The summed E-state index contributed by atoms with van der Waals surface area (Å²) in [5, 5.41) is 0. The number of ether oxygens (including phenoxy) is 1. The highest BCUT2D eigenvalue weighted by molar-refractivity contribution is 5.81. The number of hydrogen-bond donors (Lipinski definition) is 0. The molecule has 1 heterocycles. The lowest BCUT2D eigenvalue weighted by Gasteiger charge is -2.28. The second-order valence-corrected chi connectivity index (χ2v) is 4.50. The Morgan fingerprint density at radius 1 is 1.28 bits per heavy atom. The van der Waals surface area contributed by atoms with E-state index < -0.39 is 0 Å². The lowest BCUT2D eigenvalue weighted by atomic mass is 10.1. The summed E-state index contributed by atoms with van der Waals surface area (Å²) in [7, 11) is 0. The minimum absolute atomic E-state index is 0.0803. The van der Waals surface area contributed by atoms with E-state index >= 15 is 0 Å². The van der Waals surface area contributed by atoms with Crippen molar-refractivity contribution in [1.29, 1.82) is 0 Å². The van der Waals surface area contributed by atoms with Gasteiger partial charge in [-0.2, -0.15) is 0 Å². The third kappa shape index (κ3) is 3.44. The first-order valence-corrected chi connectivity index (χ1v) is 6.37. The molecule has 3 heteroatoms. The molecule has 0 aliphatic carbocycles. The average molecular weight is 245 g/mol. The first kappa shape index (κ1) is 12.8. The molecule has 0 aromatic heterocycles. The standard InChI is InChI=1S/C15H19NO2/c1-13(7-8-14-5-3-2-4-6-14)15(17)16-9-11-18-12-10-16/h2-8,13H,9-12H2,1H3/b8-7+. The number of nitrogens with zero attached hydrogens (tertiary/aromatic N) is 1. The Kier molecular flexibility index (Phi) is 4.53. The van der Waals surface area contributed by atoms with Crippen LogP contribution in [0.4, 0.5) is 0 Å². The molecule has 0 radical (unpaired) electrons. The van der Waals surface area contributed by atoms with Crippen LogP contribution >= 0.6 is 0 Å². The fourth-order valence-corrected chi connectivity index (χ4v) is 1.97. The van der Waals surface area contributed by atoms with Gasteiger partial charge in [0, 0.05) is 13.1 Å². The smallest absolute Gasteiger partial charge is 0.229 e. The maximum Gasteiger partial charge on any atom is 0.229 e. The van der Waals surface area contributed by atoms with Crippen molar-refractivity contribution >= 4 is 12.0 Å². The third-order valence-corrected chi connectivity index (χ3v) is 3.09. The molecule has 0 saturated carbocycles. The van der Waals surface area contributed by atoms with Crippen LogP contribution < -0.4 is 0 Å². The Labute approximate surface area is 108 Å². The van der Waals surface area contributed by atoms with Crippen LogP contribution in [0.1, 0.15) is 12.5 Å². The first-order valence-electron chi connectivity index (χ1n) is 6.37. The average Bonchev–Trinajstić information content (AvgIpc) is 2.46. The predicted molar refractivity (Wildman–Crippen MR) is 72.0 cm³/mol. The molecule has 1 aliphatic heterocycles. The zero-order chi connectivity index (χ0) is 12.8. The second-order valence-electron chi connectivity index (χ2n) is 4.50. The number of rotatable bonds is 3. The minimum Gasteiger partial charge on any atom is -0.378 e. The summed E-state index contributed by atoms with van der Waals surface area (Å²) in [6.07, 6.45) is 3.97.